The van der Waals surface area contributed by atoms with Gasteiger partial charge in [0.2, 0.25) is 6.29 Å². The number of rotatable bonds is 4. The van der Waals surface area contributed by atoms with Gasteiger partial charge in [-0.2, -0.15) is 0 Å². The SMILES string of the molecule is O=C(N[C@@H](CO)C(=O)O)C(O)O. The zero-order valence-electron chi connectivity index (χ0n) is 5.97. The maximum atomic E-state index is 10.4. The first kappa shape index (κ1) is 10.8. The number of nitrogens with one attached hydrogen (secondary N) is 1. The number of aliphatic hydroxyl groups excluding tert-OH is 2. The Morgan fingerprint density at radius 3 is 2.08 bits per heavy atom. The number of carboxylic acid groups (broad SMARTS) is 1. The van der Waals surface area contributed by atoms with Gasteiger partial charge in [0.15, 0.2) is 6.04 Å². The van der Waals surface area contributed by atoms with E-state index in [2.05, 4.69) is 0 Å². The van der Waals surface area contributed by atoms with Crippen LogP contribution in [0.15, 0.2) is 0 Å². The molecule has 0 spiro atoms. The highest BCUT2D eigenvalue weighted by molar-refractivity contribution is 5.85. The van der Waals surface area contributed by atoms with Crippen molar-refractivity contribution in [1.29, 1.82) is 0 Å². The van der Waals surface area contributed by atoms with Crippen LogP contribution in [0.2, 0.25) is 0 Å². The van der Waals surface area contributed by atoms with Crippen molar-refractivity contribution in [2.24, 2.45) is 0 Å². The third-order valence-electron chi connectivity index (χ3n) is 1.03. The summed E-state index contributed by atoms with van der Waals surface area (Å²) in [6.07, 6.45) is -2.28. The molecule has 0 aromatic heterocycles. The Kier molecular flexibility index (Phi) is 4.19. The lowest BCUT2D eigenvalue weighted by Gasteiger charge is -2.11. The van der Waals surface area contributed by atoms with E-state index in [1.165, 1.54) is 0 Å². The summed E-state index contributed by atoms with van der Waals surface area (Å²) in [5.41, 5.74) is 0. The maximum Gasteiger partial charge on any atom is 0.328 e. The third-order valence-corrected chi connectivity index (χ3v) is 1.03. The van der Waals surface area contributed by atoms with E-state index >= 15 is 0 Å². The zero-order valence-corrected chi connectivity index (χ0v) is 5.97. The van der Waals surface area contributed by atoms with E-state index in [0.717, 1.165) is 0 Å². The van der Waals surface area contributed by atoms with E-state index in [4.69, 9.17) is 20.4 Å². The summed E-state index contributed by atoms with van der Waals surface area (Å²) < 4.78 is 0. The molecule has 70 valence electrons. The van der Waals surface area contributed by atoms with E-state index in [9.17, 15) is 9.59 Å². The normalized spacial score (nSPS) is 12.7. The average Bonchev–Trinajstić information content (AvgIpc) is 1.98. The van der Waals surface area contributed by atoms with Crippen LogP contribution in [0.5, 0.6) is 0 Å². The van der Waals surface area contributed by atoms with Crippen LogP contribution in [-0.4, -0.2) is 51.2 Å². The van der Waals surface area contributed by atoms with Gasteiger partial charge in [0.25, 0.3) is 5.91 Å². The molecule has 0 heterocycles. The van der Waals surface area contributed by atoms with Crippen LogP contribution in [0.25, 0.3) is 0 Å². The fourth-order valence-corrected chi connectivity index (χ4v) is 0.432. The fourth-order valence-electron chi connectivity index (χ4n) is 0.432. The molecule has 5 N–H and O–H groups in total. The van der Waals surface area contributed by atoms with Gasteiger partial charge < -0.3 is 25.7 Å². The Hall–Kier alpha value is -1.18. The first-order valence-electron chi connectivity index (χ1n) is 2.99. The summed E-state index contributed by atoms with van der Waals surface area (Å²) in [5, 5.41) is 34.7. The molecule has 0 fully saturated rings. The molecular weight excluding hydrogens is 170 g/mol. The Labute approximate surface area is 67.2 Å². The van der Waals surface area contributed by atoms with Crippen LogP contribution in [0, 0.1) is 0 Å². The molecule has 12 heavy (non-hydrogen) atoms. The monoisotopic (exact) mass is 179 g/mol. The Bertz CT molecular complexity index is 179. The number of hydrogen-bond donors (Lipinski definition) is 5. The summed E-state index contributed by atoms with van der Waals surface area (Å²) in [5.74, 6) is -2.72. The van der Waals surface area contributed by atoms with E-state index in [1.807, 2.05) is 0 Å². The molecule has 1 amide bonds. The lowest BCUT2D eigenvalue weighted by molar-refractivity contribution is -0.153. The lowest BCUT2D eigenvalue weighted by Crippen LogP contribution is -2.47. The van der Waals surface area contributed by atoms with Crippen LogP contribution < -0.4 is 5.32 Å². The first-order valence-corrected chi connectivity index (χ1v) is 2.99. The summed E-state index contributed by atoms with van der Waals surface area (Å²) in [6, 6.07) is -1.51. The largest absolute Gasteiger partial charge is 0.480 e. The summed E-state index contributed by atoms with van der Waals surface area (Å²) in [4.78, 5) is 20.6. The van der Waals surface area contributed by atoms with Gasteiger partial charge in [-0.3, -0.25) is 4.79 Å². The summed E-state index contributed by atoms with van der Waals surface area (Å²) in [6.45, 7) is -0.812. The number of aliphatic hydroxyl groups is 3. The number of amides is 1. The standard InChI is InChI=1S/C5H9NO6/c7-1-2(4(9)10)6-3(8)5(11)12/h2,5,7,11-12H,1H2,(H,6,8)(H,9,10)/t2-/m0/s1. The number of aliphatic carboxylic acids is 1. The fraction of sp³-hybridized carbons (Fsp3) is 0.600. The lowest BCUT2D eigenvalue weighted by atomic mass is 10.3. The molecule has 0 unspecified atom stereocenters. The second-order valence-electron chi connectivity index (χ2n) is 1.96. The predicted octanol–water partition coefficient (Wildman–Crippen LogP) is -3.14. The molecule has 0 aliphatic heterocycles. The zero-order chi connectivity index (χ0) is 9.72. The molecule has 7 nitrogen and oxygen atoms in total. The van der Waals surface area contributed by atoms with Gasteiger partial charge in [0.1, 0.15) is 0 Å². The molecular formula is C5H9NO6. The van der Waals surface area contributed by atoms with Crippen molar-refractivity contribution in [2.75, 3.05) is 6.61 Å². The minimum absolute atomic E-state index is 0.812. The summed E-state index contributed by atoms with van der Waals surface area (Å²) >= 11 is 0. The van der Waals surface area contributed by atoms with Crippen molar-refractivity contribution >= 4 is 11.9 Å². The topological polar surface area (TPSA) is 127 Å². The van der Waals surface area contributed by atoms with Crippen LogP contribution in [0.1, 0.15) is 0 Å². The van der Waals surface area contributed by atoms with Crippen LogP contribution >= 0.6 is 0 Å². The highest BCUT2D eigenvalue weighted by Crippen LogP contribution is 1.84. The number of carbonyl (C=O) groups is 2. The van der Waals surface area contributed by atoms with Gasteiger partial charge in [-0.05, 0) is 0 Å². The quantitative estimate of drug-likeness (QED) is 0.290. The molecule has 0 saturated heterocycles. The Morgan fingerprint density at radius 2 is 1.83 bits per heavy atom. The van der Waals surface area contributed by atoms with Crippen LogP contribution in [0.3, 0.4) is 0 Å². The molecule has 0 aliphatic carbocycles. The Balaban J connectivity index is 4.03. The van der Waals surface area contributed by atoms with Crippen molar-refractivity contribution in [3.8, 4) is 0 Å². The third kappa shape index (κ3) is 3.28. The van der Waals surface area contributed by atoms with E-state index in [-0.39, 0.29) is 0 Å². The van der Waals surface area contributed by atoms with E-state index in [0.29, 0.717) is 0 Å². The number of carboxylic acids is 1. The van der Waals surface area contributed by atoms with Crippen molar-refractivity contribution in [1.82, 2.24) is 5.32 Å². The van der Waals surface area contributed by atoms with Gasteiger partial charge in [0, 0.05) is 0 Å². The van der Waals surface area contributed by atoms with Gasteiger partial charge in [-0.1, -0.05) is 0 Å². The maximum absolute atomic E-state index is 10.4. The highest BCUT2D eigenvalue weighted by Gasteiger charge is 2.21. The molecule has 0 saturated carbocycles. The van der Waals surface area contributed by atoms with Gasteiger partial charge in [-0.15, -0.1) is 0 Å². The predicted molar refractivity (Wildman–Crippen MR) is 34.9 cm³/mol. The second-order valence-corrected chi connectivity index (χ2v) is 1.96. The minimum atomic E-state index is -2.28. The molecule has 0 rings (SSSR count). The molecule has 0 aliphatic rings. The number of hydrogen-bond acceptors (Lipinski definition) is 5. The van der Waals surface area contributed by atoms with Gasteiger partial charge in [-0.25, -0.2) is 4.79 Å². The van der Waals surface area contributed by atoms with E-state index in [1.54, 1.807) is 5.32 Å². The van der Waals surface area contributed by atoms with Crippen molar-refractivity contribution < 1.29 is 30.0 Å². The summed E-state index contributed by atoms with van der Waals surface area (Å²) in [7, 11) is 0. The Morgan fingerprint density at radius 1 is 1.33 bits per heavy atom. The molecule has 7 heteroatoms. The van der Waals surface area contributed by atoms with Gasteiger partial charge in [0.05, 0.1) is 6.61 Å². The van der Waals surface area contributed by atoms with Crippen molar-refractivity contribution in [3.05, 3.63) is 0 Å². The molecule has 0 aromatic rings. The minimum Gasteiger partial charge on any atom is -0.480 e. The van der Waals surface area contributed by atoms with Gasteiger partial charge >= 0.3 is 5.97 Å². The average molecular weight is 179 g/mol. The number of carbonyl (C=O) groups excluding carboxylic acids is 1. The van der Waals surface area contributed by atoms with Crippen molar-refractivity contribution in [2.45, 2.75) is 12.3 Å². The van der Waals surface area contributed by atoms with Crippen LogP contribution in [-0.2, 0) is 9.59 Å². The molecule has 0 radical (unpaired) electrons. The smallest absolute Gasteiger partial charge is 0.328 e. The molecule has 0 bridgehead atoms. The molecule has 1 atom stereocenters. The van der Waals surface area contributed by atoms with Crippen LogP contribution in [0.4, 0.5) is 0 Å². The van der Waals surface area contributed by atoms with Crippen molar-refractivity contribution in [3.63, 3.8) is 0 Å². The highest BCUT2D eigenvalue weighted by atomic mass is 16.5. The molecule has 0 aromatic carbocycles. The van der Waals surface area contributed by atoms with E-state index < -0.39 is 30.8 Å². The second kappa shape index (κ2) is 4.65. The first-order chi connectivity index (χ1) is 5.49.